The molecule has 0 radical (unpaired) electrons. The van der Waals surface area contributed by atoms with Crippen LogP contribution in [0.15, 0.2) is 0 Å². The van der Waals surface area contributed by atoms with Gasteiger partial charge in [-0.3, -0.25) is 14.4 Å². The first-order chi connectivity index (χ1) is 10.2. The molecule has 1 unspecified atom stereocenters. The van der Waals surface area contributed by atoms with Crippen molar-refractivity contribution < 1.29 is 24.0 Å². The number of rotatable bonds is 7. The summed E-state index contributed by atoms with van der Waals surface area (Å²) in [5.74, 6) is -2.49. The van der Waals surface area contributed by atoms with Crippen LogP contribution in [0, 0.1) is 0 Å². The number of hydrogen-bond donors (Lipinski definition) is 2. The van der Waals surface area contributed by atoms with Gasteiger partial charge >= 0.3 is 5.97 Å². The van der Waals surface area contributed by atoms with E-state index in [2.05, 4.69) is 17.9 Å². The van der Waals surface area contributed by atoms with E-state index in [0.29, 0.717) is 11.6 Å². The van der Waals surface area contributed by atoms with Gasteiger partial charge in [0.25, 0.3) is 11.8 Å². The van der Waals surface area contributed by atoms with E-state index in [-0.39, 0.29) is 31.6 Å². The zero-order chi connectivity index (χ0) is 16.9. The van der Waals surface area contributed by atoms with Crippen molar-refractivity contribution >= 4 is 36.3 Å². The summed E-state index contributed by atoms with van der Waals surface area (Å²) in [6, 6.07) is 0. The molecule has 1 N–H and O–H groups in total. The van der Waals surface area contributed by atoms with Crippen molar-refractivity contribution in [2.24, 2.45) is 0 Å². The van der Waals surface area contributed by atoms with Gasteiger partial charge in [0.2, 0.25) is 5.91 Å². The Bertz CT molecular complexity index is 466. The summed E-state index contributed by atoms with van der Waals surface area (Å²) < 4.78 is 0. The monoisotopic (exact) mass is 331 g/mol. The number of carbonyl (C=O) groups excluding carboxylic acids is 4. The fraction of sp³-hybridized carbons (Fsp3) is 0.692. The van der Waals surface area contributed by atoms with Crippen LogP contribution in [-0.4, -0.2) is 59.2 Å². The molecule has 0 aliphatic carbocycles. The van der Waals surface area contributed by atoms with Crippen molar-refractivity contribution in [2.75, 3.05) is 20.6 Å². The summed E-state index contributed by atoms with van der Waals surface area (Å²) in [7, 11) is 3.64. The quantitative estimate of drug-likeness (QED) is 0.378. The molecule has 1 fully saturated rings. The van der Waals surface area contributed by atoms with Crippen LogP contribution in [0.3, 0.4) is 0 Å². The Hall–Kier alpha value is -1.61. The Morgan fingerprint density at radius 1 is 1.32 bits per heavy atom. The smallest absolute Gasteiger partial charge is 0.332 e. The molecule has 9 heteroatoms. The van der Waals surface area contributed by atoms with Gasteiger partial charge in [0.15, 0.2) is 4.87 Å². The Morgan fingerprint density at radius 3 is 2.32 bits per heavy atom. The van der Waals surface area contributed by atoms with Crippen LogP contribution in [0.25, 0.3) is 0 Å². The van der Waals surface area contributed by atoms with Gasteiger partial charge in [0.1, 0.15) is 0 Å². The molecule has 3 amide bonds. The number of hydroxylamine groups is 2. The van der Waals surface area contributed by atoms with Crippen molar-refractivity contribution in [3.05, 3.63) is 0 Å². The van der Waals surface area contributed by atoms with E-state index in [1.54, 1.807) is 6.92 Å². The van der Waals surface area contributed by atoms with E-state index in [1.165, 1.54) is 0 Å². The minimum absolute atomic E-state index is 0.00695. The maximum atomic E-state index is 12.1. The van der Waals surface area contributed by atoms with Crippen LogP contribution < -0.4 is 5.32 Å². The molecule has 0 aromatic rings. The highest BCUT2D eigenvalue weighted by Crippen LogP contribution is 2.21. The molecule has 0 saturated carbocycles. The van der Waals surface area contributed by atoms with Gasteiger partial charge in [-0.2, -0.15) is 0 Å². The number of nitrogens with zero attached hydrogens (tertiary/aromatic N) is 2. The standard InChI is InChI=1S/C13H21N3O5S/c1-4-13(22,14-9(17)7-8-15(2)3)12(20)21-16-10(18)5-6-11(16)19/h22H,4-8H2,1-3H3,(H,14,17). The van der Waals surface area contributed by atoms with Crippen molar-refractivity contribution in [3.63, 3.8) is 0 Å². The largest absolute Gasteiger partial charge is 0.368 e. The zero-order valence-electron chi connectivity index (χ0n) is 12.9. The molecule has 0 aromatic carbocycles. The second-order valence-corrected chi connectivity index (χ2v) is 6.04. The lowest BCUT2D eigenvalue weighted by Gasteiger charge is -2.27. The molecule has 0 spiro atoms. The van der Waals surface area contributed by atoms with Crippen molar-refractivity contribution in [3.8, 4) is 0 Å². The molecule has 1 aliphatic heterocycles. The van der Waals surface area contributed by atoms with Crippen LogP contribution in [0.4, 0.5) is 0 Å². The van der Waals surface area contributed by atoms with Crippen molar-refractivity contribution in [1.29, 1.82) is 0 Å². The molecule has 1 heterocycles. The summed E-state index contributed by atoms with van der Waals surface area (Å²) >= 11 is 4.16. The van der Waals surface area contributed by atoms with E-state index in [9.17, 15) is 19.2 Å². The first-order valence-electron chi connectivity index (χ1n) is 6.96. The summed E-state index contributed by atoms with van der Waals surface area (Å²) in [6.45, 7) is 2.14. The fourth-order valence-corrected chi connectivity index (χ4v) is 1.88. The molecule has 1 rings (SSSR count). The number of amides is 3. The Kier molecular flexibility index (Phi) is 6.36. The average Bonchev–Trinajstić information content (AvgIpc) is 2.76. The van der Waals surface area contributed by atoms with Crippen LogP contribution in [-0.2, 0) is 24.0 Å². The topological polar surface area (TPSA) is 96.0 Å². The van der Waals surface area contributed by atoms with Gasteiger partial charge in [-0.25, -0.2) is 4.79 Å². The van der Waals surface area contributed by atoms with E-state index < -0.39 is 22.7 Å². The van der Waals surface area contributed by atoms with Crippen LogP contribution in [0.1, 0.15) is 32.6 Å². The Labute approximate surface area is 134 Å². The molecular weight excluding hydrogens is 310 g/mol. The highest BCUT2D eigenvalue weighted by atomic mass is 32.1. The SMILES string of the molecule is CCC(S)(NC(=O)CCN(C)C)C(=O)ON1C(=O)CCC1=O. The van der Waals surface area contributed by atoms with Gasteiger partial charge < -0.3 is 15.1 Å². The third-order valence-electron chi connectivity index (χ3n) is 3.16. The van der Waals surface area contributed by atoms with Gasteiger partial charge in [0.05, 0.1) is 0 Å². The Morgan fingerprint density at radius 2 is 1.86 bits per heavy atom. The van der Waals surface area contributed by atoms with Crippen LogP contribution >= 0.6 is 12.6 Å². The molecule has 124 valence electrons. The Balaban J connectivity index is 2.67. The molecule has 8 nitrogen and oxygen atoms in total. The third-order valence-corrected chi connectivity index (χ3v) is 3.77. The van der Waals surface area contributed by atoms with Gasteiger partial charge in [-0.15, -0.1) is 17.7 Å². The third kappa shape index (κ3) is 4.70. The van der Waals surface area contributed by atoms with Crippen molar-refractivity contribution in [1.82, 2.24) is 15.3 Å². The number of carbonyl (C=O) groups is 4. The maximum absolute atomic E-state index is 12.1. The summed E-state index contributed by atoms with van der Waals surface area (Å²) in [5, 5.41) is 2.92. The maximum Gasteiger partial charge on any atom is 0.368 e. The second-order valence-electron chi connectivity index (χ2n) is 5.28. The van der Waals surface area contributed by atoms with Crippen molar-refractivity contribution in [2.45, 2.75) is 37.5 Å². The zero-order valence-corrected chi connectivity index (χ0v) is 13.8. The average molecular weight is 331 g/mol. The van der Waals surface area contributed by atoms with E-state index in [4.69, 9.17) is 4.84 Å². The van der Waals surface area contributed by atoms with E-state index in [0.717, 1.165) is 0 Å². The number of nitrogens with one attached hydrogen (secondary N) is 1. The fourth-order valence-electron chi connectivity index (χ4n) is 1.72. The first kappa shape index (κ1) is 18.4. The highest BCUT2D eigenvalue weighted by molar-refractivity contribution is 7.82. The first-order valence-corrected chi connectivity index (χ1v) is 7.40. The lowest BCUT2D eigenvalue weighted by atomic mass is 10.2. The van der Waals surface area contributed by atoms with Crippen LogP contribution in [0.5, 0.6) is 0 Å². The van der Waals surface area contributed by atoms with Gasteiger partial charge in [-0.1, -0.05) is 6.92 Å². The number of thiol groups is 1. The number of hydrogen-bond acceptors (Lipinski definition) is 7. The van der Waals surface area contributed by atoms with Gasteiger partial charge in [0, 0.05) is 25.8 Å². The molecule has 22 heavy (non-hydrogen) atoms. The second kappa shape index (κ2) is 7.59. The normalized spacial score (nSPS) is 17.6. The molecule has 0 aromatic heterocycles. The van der Waals surface area contributed by atoms with E-state index >= 15 is 0 Å². The molecule has 1 atom stereocenters. The summed E-state index contributed by atoms with van der Waals surface area (Å²) in [6.07, 6.45) is 0.336. The predicted octanol–water partition coefficient (Wildman–Crippen LogP) is -0.302. The molecule has 1 aliphatic rings. The van der Waals surface area contributed by atoms with E-state index in [1.807, 2.05) is 19.0 Å². The van der Waals surface area contributed by atoms with Gasteiger partial charge in [-0.05, 0) is 20.5 Å². The highest BCUT2D eigenvalue weighted by Gasteiger charge is 2.41. The lowest BCUT2D eigenvalue weighted by Crippen LogP contribution is -2.53. The summed E-state index contributed by atoms with van der Waals surface area (Å²) in [5.41, 5.74) is 0. The minimum atomic E-state index is -1.59. The molecule has 1 saturated heterocycles. The minimum Gasteiger partial charge on any atom is -0.332 e. The predicted molar refractivity (Wildman–Crippen MR) is 80.5 cm³/mol. The lowest BCUT2D eigenvalue weighted by molar-refractivity contribution is -0.200. The molecular formula is C13H21N3O5S. The van der Waals surface area contributed by atoms with Crippen LogP contribution in [0.2, 0.25) is 0 Å². The molecule has 0 bridgehead atoms. The number of imide groups is 1. The summed E-state index contributed by atoms with van der Waals surface area (Å²) in [4.78, 5) is 51.9.